The van der Waals surface area contributed by atoms with Gasteiger partial charge in [0.15, 0.2) is 0 Å². The van der Waals surface area contributed by atoms with E-state index in [1.165, 1.54) is 0 Å². The number of hydrogen-bond donors (Lipinski definition) is 0. The standard InChI is InChI=1S/C18H26O5S/c1-18(2,3)22-17(19)15-9-11-16(12-10-15)23-24(20,21)13-14-7-5-4-6-8-14/h4-8,15-16H,9-13H2,1-3H3. The molecule has 1 aliphatic carbocycles. The zero-order chi connectivity index (χ0) is 17.8. The van der Waals surface area contributed by atoms with Gasteiger partial charge < -0.3 is 4.74 Å². The van der Waals surface area contributed by atoms with Crippen molar-refractivity contribution in [2.75, 3.05) is 0 Å². The van der Waals surface area contributed by atoms with Crippen LogP contribution >= 0.6 is 0 Å². The van der Waals surface area contributed by atoms with Crippen LogP contribution in [0.3, 0.4) is 0 Å². The van der Waals surface area contributed by atoms with Crippen LogP contribution in [0, 0.1) is 5.92 Å². The topological polar surface area (TPSA) is 69.7 Å². The molecular formula is C18H26O5S. The van der Waals surface area contributed by atoms with Gasteiger partial charge in [-0.1, -0.05) is 30.3 Å². The lowest BCUT2D eigenvalue weighted by Crippen LogP contribution is -2.33. The van der Waals surface area contributed by atoms with Crippen molar-refractivity contribution in [2.24, 2.45) is 5.92 Å². The van der Waals surface area contributed by atoms with E-state index in [4.69, 9.17) is 8.92 Å². The second kappa shape index (κ2) is 7.66. The minimum atomic E-state index is -3.62. The Bertz CT molecular complexity index is 638. The molecule has 24 heavy (non-hydrogen) atoms. The molecule has 1 aliphatic rings. The highest BCUT2D eigenvalue weighted by Crippen LogP contribution is 2.29. The third-order valence-electron chi connectivity index (χ3n) is 3.88. The monoisotopic (exact) mass is 354 g/mol. The molecule has 0 aliphatic heterocycles. The summed E-state index contributed by atoms with van der Waals surface area (Å²) in [4.78, 5) is 12.1. The molecule has 1 aromatic rings. The summed E-state index contributed by atoms with van der Waals surface area (Å²) >= 11 is 0. The van der Waals surface area contributed by atoms with E-state index in [0.717, 1.165) is 0 Å². The van der Waals surface area contributed by atoms with Gasteiger partial charge in [0.1, 0.15) is 11.4 Å². The lowest BCUT2D eigenvalue weighted by molar-refractivity contribution is -0.161. The van der Waals surface area contributed by atoms with Crippen LogP contribution in [0.4, 0.5) is 0 Å². The first-order valence-corrected chi connectivity index (χ1v) is 9.90. The minimum absolute atomic E-state index is 0.125. The molecule has 0 heterocycles. The maximum atomic E-state index is 12.2. The summed E-state index contributed by atoms with van der Waals surface area (Å²) < 4.78 is 35.0. The van der Waals surface area contributed by atoms with Crippen LogP contribution in [0.2, 0.25) is 0 Å². The van der Waals surface area contributed by atoms with Gasteiger partial charge in [-0.2, -0.15) is 8.42 Å². The predicted molar refractivity (Wildman–Crippen MR) is 91.7 cm³/mol. The second-order valence-electron chi connectivity index (χ2n) is 7.29. The molecule has 1 saturated carbocycles. The second-order valence-corrected chi connectivity index (χ2v) is 8.89. The van der Waals surface area contributed by atoms with Crippen molar-refractivity contribution >= 4 is 16.1 Å². The molecule has 1 fully saturated rings. The van der Waals surface area contributed by atoms with Crippen LogP contribution in [-0.2, 0) is 29.6 Å². The van der Waals surface area contributed by atoms with E-state index < -0.39 is 15.7 Å². The lowest BCUT2D eigenvalue weighted by Gasteiger charge is -2.29. The number of hydrogen-bond acceptors (Lipinski definition) is 5. The van der Waals surface area contributed by atoms with Crippen LogP contribution < -0.4 is 0 Å². The highest BCUT2D eigenvalue weighted by molar-refractivity contribution is 7.85. The third-order valence-corrected chi connectivity index (χ3v) is 5.14. The summed E-state index contributed by atoms with van der Waals surface area (Å²) in [5.41, 5.74) is 0.212. The number of esters is 1. The number of carbonyl (C=O) groups excluding carboxylic acids is 1. The molecule has 5 nitrogen and oxygen atoms in total. The fourth-order valence-electron chi connectivity index (χ4n) is 2.80. The first kappa shape index (κ1) is 18.9. The Morgan fingerprint density at radius 2 is 1.67 bits per heavy atom. The zero-order valence-electron chi connectivity index (χ0n) is 14.5. The van der Waals surface area contributed by atoms with Crippen molar-refractivity contribution in [1.82, 2.24) is 0 Å². The summed E-state index contributed by atoms with van der Waals surface area (Å²) in [5.74, 6) is -0.492. The summed E-state index contributed by atoms with van der Waals surface area (Å²) in [7, 11) is -3.62. The van der Waals surface area contributed by atoms with E-state index >= 15 is 0 Å². The molecule has 0 unspecified atom stereocenters. The Morgan fingerprint density at radius 1 is 1.08 bits per heavy atom. The van der Waals surface area contributed by atoms with Crippen molar-refractivity contribution in [3.63, 3.8) is 0 Å². The molecule has 0 saturated heterocycles. The average Bonchev–Trinajstić information content (AvgIpc) is 2.46. The number of benzene rings is 1. The van der Waals surface area contributed by atoms with Crippen LogP contribution in [0.1, 0.15) is 52.0 Å². The molecule has 0 radical (unpaired) electrons. The normalized spacial score (nSPS) is 22.1. The van der Waals surface area contributed by atoms with E-state index in [-0.39, 0.29) is 23.7 Å². The van der Waals surface area contributed by atoms with Crippen molar-refractivity contribution < 1.29 is 22.1 Å². The Hall–Kier alpha value is -1.40. The molecular weight excluding hydrogens is 328 g/mol. The number of carbonyl (C=O) groups is 1. The van der Waals surface area contributed by atoms with Gasteiger partial charge in [-0.15, -0.1) is 0 Å². The minimum Gasteiger partial charge on any atom is -0.460 e. The highest BCUT2D eigenvalue weighted by Gasteiger charge is 2.32. The molecule has 0 bridgehead atoms. The van der Waals surface area contributed by atoms with Crippen molar-refractivity contribution in [1.29, 1.82) is 0 Å². The van der Waals surface area contributed by atoms with E-state index in [2.05, 4.69) is 0 Å². The smallest absolute Gasteiger partial charge is 0.309 e. The Kier molecular flexibility index (Phi) is 6.04. The Morgan fingerprint density at radius 3 is 2.21 bits per heavy atom. The SMILES string of the molecule is CC(C)(C)OC(=O)C1CCC(OS(=O)(=O)Cc2ccccc2)CC1. The molecule has 134 valence electrons. The maximum Gasteiger partial charge on any atom is 0.309 e. The van der Waals surface area contributed by atoms with Gasteiger partial charge >= 0.3 is 5.97 Å². The quantitative estimate of drug-likeness (QED) is 0.598. The molecule has 0 atom stereocenters. The summed E-state index contributed by atoms with van der Waals surface area (Å²) in [6, 6.07) is 8.98. The van der Waals surface area contributed by atoms with Crippen LogP contribution in [-0.4, -0.2) is 26.1 Å². The zero-order valence-corrected chi connectivity index (χ0v) is 15.3. The largest absolute Gasteiger partial charge is 0.460 e. The van der Waals surface area contributed by atoms with Crippen molar-refractivity contribution in [3.8, 4) is 0 Å². The highest BCUT2D eigenvalue weighted by atomic mass is 32.2. The van der Waals surface area contributed by atoms with Gasteiger partial charge in [-0.05, 0) is 52.0 Å². The van der Waals surface area contributed by atoms with E-state index in [0.29, 0.717) is 31.2 Å². The van der Waals surface area contributed by atoms with Crippen molar-refractivity contribution in [3.05, 3.63) is 35.9 Å². The molecule has 6 heteroatoms. The summed E-state index contributed by atoms with van der Waals surface area (Å²) in [6.07, 6.45) is 1.95. The van der Waals surface area contributed by atoms with Gasteiger partial charge in [0.2, 0.25) is 0 Å². The summed E-state index contributed by atoms with van der Waals surface area (Å²) in [6.45, 7) is 5.53. The Balaban J connectivity index is 1.83. The number of rotatable bonds is 5. The molecule has 0 N–H and O–H groups in total. The first-order chi connectivity index (χ1) is 11.1. The van der Waals surface area contributed by atoms with Gasteiger partial charge in [-0.3, -0.25) is 8.98 Å². The van der Waals surface area contributed by atoms with E-state index in [9.17, 15) is 13.2 Å². The molecule has 0 aromatic heterocycles. The van der Waals surface area contributed by atoms with Crippen molar-refractivity contribution in [2.45, 2.75) is 63.9 Å². The summed E-state index contributed by atoms with van der Waals surface area (Å²) in [5, 5.41) is 0. The molecule has 0 spiro atoms. The van der Waals surface area contributed by atoms with Gasteiger partial charge in [0.05, 0.1) is 12.0 Å². The Labute approximate surface area is 144 Å². The third kappa shape index (κ3) is 6.24. The van der Waals surface area contributed by atoms with Gasteiger partial charge in [0, 0.05) is 0 Å². The van der Waals surface area contributed by atoms with Gasteiger partial charge in [0.25, 0.3) is 10.1 Å². The number of ether oxygens (including phenoxy) is 1. The van der Waals surface area contributed by atoms with E-state index in [1.807, 2.05) is 26.8 Å². The first-order valence-electron chi connectivity index (χ1n) is 8.32. The molecule has 1 aromatic carbocycles. The van der Waals surface area contributed by atoms with E-state index in [1.54, 1.807) is 24.3 Å². The fourth-order valence-corrected chi connectivity index (χ4v) is 4.08. The predicted octanol–water partition coefficient (Wildman–Crippen LogP) is 3.43. The van der Waals surface area contributed by atoms with Crippen LogP contribution in [0.25, 0.3) is 0 Å². The van der Waals surface area contributed by atoms with Crippen LogP contribution in [0.5, 0.6) is 0 Å². The lowest BCUT2D eigenvalue weighted by atomic mass is 9.87. The van der Waals surface area contributed by atoms with Gasteiger partial charge in [-0.25, -0.2) is 0 Å². The van der Waals surface area contributed by atoms with Crippen LogP contribution in [0.15, 0.2) is 30.3 Å². The average molecular weight is 354 g/mol. The molecule has 2 rings (SSSR count). The molecule has 0 amide bonds. The fraction of sp³-hybridized carbons (Fsp3) is 0.611. The maximum absolute atomic E-state index is 12.2.